The number of rotatable bonds is 4. The Labute approximate surface area is 95.7 Å². The van der Waals surface area contributed by atoms with Gasteiger partial charge in [0.15, 0.2) is 11.5 Å². The predicted molar refractivity (Wildman–Crippen MR) is 62.9 cm³/mol. The van der Waals surface area contributed by atoms with E-state index in [1.807, 2.05) is 18.2 Å². The summed E-state index contributed by atoms with van der Waals surface area (Å²) in [5, 5.41) is 3.23. The van der Waals surface area contributed by atoms with Crippen molar-refractivity contribution in [2.75, 3.05) is 26.3 Å². The van der Waals surface area contributed by atoms with E-state index in [1.54, 1.807) is 0 Å². The van der Waals surface area contributed by atoms with Crippen LogP contribution >= 0.6 is 0 Å². The Morgan fingerprint density at radius 2 is 2.06 bits per heavy atom. The molecule has 0 aromatic heterocycles. The van der Waals surface area contributed by atoms with Gasteiger partial charge in [-0.1, -0.05) is 13.0 Å². The lowest BCUT2D eigenvalue weighted by atomic mass is 10.1. The fourth-order valence-corrected chi connectivity index (χ4v) is 1.71. The van der Waals surface area contributed by atoms with Crippen molar-refractivity contribution in [1.29, 1.82) is 0 Å². The first-order chi connectivity index (χ1) is 7.81. The molecule has 88 valence electrons. The summed E-state index contributed by atoms with van der Waals surface area (Å²) in [6.45, 7) is 5.00. The lowest BCUT2D eigenvalue weighted by molar-refractivity contribution is 0.171. The first-order valence-electron chi connectivity index (χ1n) is 5.67. The van der Waals surface area contributed by atoms with Gasteiger partial charge in [-0.05, 0) is 24.2 Å². The first-order valence-corrected chi connectivity index (χ1v) is 5.67. The van der Waals surface area contributed by atoms with Crippen LogP contribution in [0.2, 0.25) is 0 Å². The highest BCUT2D eigenvalue weighted by Crippen LogP contribution is 2.31. The molecule has 0 amide bonds. The van der Waals surface area contributed by atoms with Crippen LogP contribution in [0.5, 0.6) is 11.5 Å². The normalized spacial score (nSPS) is 15.9. The number of nitrogens with two attached hydrogens (primary N) is 1. The van der Waals surface area contributed by atoms with Gasteiger partial charge >= 0.3 is 0 Å². The van der Waals surface area contributed by atoms with Crippen molar-refractivity contribution >= 4 is 0 Å². The molecule has 1 aliphatic rings. The van der Waals surface area contributed by atoms with Crippen molar-refractivity contribution in [1.82, 2.24) is 5.32 Å². The molecule has 0 radical (unpaired) electrons. The molecule has 1 unspecified atom stereocenters. The Kier molecular flexibility index (Phi) is 3.64. The molecule has 4 nitrogen and oxygen atoms in total. The van der Waals surface area contributed by atoms with Crippen molar-refractivity contribution in [3.05, 3.63) is 23.8 Å². The molecule has 4 heteroatoms. The van der Waals surface area contributed by atoms with Gasteiger partial charge in [0.05, 0.1) is 0 Å². The van der Waals surface area contributed by atoms with Gasteiger partial charge in [0.2, 0.25) is 0 Å². The van der Waals surface area contributed by atoms with Crippen LogP contribution in [0.1, 0.15) is 18.5 Å². The maximum atomic E-state index is 6.06. The lowest BCUT2D eigenvalue weighted by Crippen LogP contribution is -2.26. The molecule has 0 fully saturated rings. The van der Waals surface area contributed by atoms with Gasteiger partial charge < -0.3 is 20.5 Å². The fraction of sp³-hybridized carbons (Fsp3) is 0.500. The summed E-state index contributed by atoms with van der Waals surface area (Å²) in [7, 11) is 0. The summed E-state index contributed by atoms with van der Waals surface area (Å²) in [4.78, 5) is 0. The molecule has 0 bridgehead atoms. The predicted octanol–water partition coefficient (Wildman–Crippen LogP) is 1.07. The van der Waals surface area contributed by atoms with E-state index in [9.17, 15) is 0 Å². The zero-order chi connectivity index (χ0) is 11.4. The third-order valence-electron chi connectivity index (χ3n) is 2.61. The number of likely N-dealkylation sites (N-methyl/N-ethyl adjacent to an activating group) is 1. The van der Waals surface area contributed by atoms with E-state index in [-0.39, 0.29) is 6.04 Å². The van der Waals surface area contributed by atoms with Gasteiger partial charge in [0, 0.05) is 12.6 Å². The standard InChI is InChI=1S/C12H18N2O2/c1-2-14-8-10(13)9-3-4-11-12(7-9)16-6-5-15-11/h3-4,7,10,14H,2,5-6,8,13H2,1H3. The van der Waals surface area contributed by atoms with Crippen LogP contribution in [-0.2, 0) is 0 Å². The van der Waals surface area contributed by atoms with E-state index in [4.69, 9.17) is 15.2 Å². The quantitative estimate of drug-likeness (QED) is 0.800. The topological polar surface area (TPSA) is 56.5 Å². The van der Waals surface area contributed by atoms with Crippen LogP contribution in [0.25, 0.3) is 0 Å². The molecule has 1 aliphatic heterocycles. The second-order valence-electron chi connectivity index (χ2n) is 3.82. The van der Waals surface area contributed by atoms with Crippen molar-refractivity contribution in [2.24, 2.45) is 5.73 Å². The number of nitrogens with one attached hydrogen (secondary N) is 1. The molecular formula is C12H18N2O2. The van der Waals surface area contributed by atoms with E-state index >= 15 is 0 Å². The Morgan fingerprint density at radius 1 is 1.31 bits per heavy atom. The van der Waals surface area contributed by atoms with Crippen LogP contribution in [0.4, 0.5) is 0 Å². The van der Waals surface area contributed by atoms with E-state index in [2.05, 4.69) is 12.2 Å². The minimum atomic E-state index is -0.00391. The smallest absolute Gasteiger partial charge is 0.161 e. The van der Waals surface area contributed by atoms with Gasteiger partial charge in [-0.25, -0.2) is 0 Å². The number of ether oxygens (including phenoxy) is 2. The highest BCUT2D eigenvalue weighted by molar-refractivity contribution is 5.44. The summed E-state index contributed by atoms with van der Waals surface area (Å²) in [6, 6.07) is 5.89. The lowest BCUT2D eigenvalue weighted by Gasteiger charge is -2.20. The summed E-state index contributed by atoms with van der Waals surface area (Å²) < 4.78 is 11.0. The third-order valence-corrected chi connectivity index (χ3v) is 2.61. The monoisotopic (exact) mass is 222 g/mol. The van der Waals surface area contributed by atoms with Gasteiger partial charge in [-0.15, -0.1) is 0 Å². The average molecular weight is 222 g/mol. The molecule has 0 saturated heterocycles. The molecule has 1 aromatic carbocycles. The summed E-state index contributed by atoms with van der Waals surface area (Å²) in [5.74, 6) is 1.61. The molecule has 0 aliphatic carbocycles. The number of fused-ring (bicyclic) bond motifs is 1. The van der Waals surface area contributed by atoms with Crippen molar-refractivity contribution in [3.63, 3.8) is 0 Å². The molecule has 0 saturated carbocycles. The van der Waals surface area contributed by atoms with Crippen LogP contribution in [0.3, 0.4) is 0 Å². The number of benzene rings is 1. The second-order valence-corrected chi connectivity index (χ2v) is 3.82. The Morgan fingerprint density at radius 3 is 2.81 bits per heavy atom. The number of hydrogen-bond acceptors (Lipinski definition) is 4. The van der Waals surface area contributed by atoms with Crippen LogP contribution in [-0.4, -0.2) is 26.3 Å². The summed E-state index contributed by atoms with van der Waals surface area (Å²) in [6.07, 6.45) is 0. The molecule has 0 spiro atoms. The van der Waals surface area contributed by atoms with E-state index in [0.717, 1.165) is 30.2 Å². The van der Waals surface area contributed by atoms with Crippen molar-refractivity contribution < 1.29 is 9.47 Å². The summed E-state index contributed by atoms with van der Waals surface area (Å²) >= 11 is 0. The second kappa shape index (κ2) is 5.18. The first kappa shape index (κ1) is 11.2. The molecule has 1 aromatic rings. The van der Waals surface area contributed by atoms with Crippen molar-refractivity contribution in [2.45, 2.75) is 13.0 Å². The zero-order valence-corrected chi connectivity index (χ0v) is 9.53. The Bertz CT molecular complexity index is 355. The van der Waals surface area contributed by atoms with Gasteiger partial charge in [0.25, 0.3) is 0 Å². The molecule has 16 heavy (non-hydrogen) atoms. The Hall–Kier alpha value is -1.26. The molecule has 3 N–H and O–H groups in total. The third kappa shape index (κ3) is 2.46. The fourth-order valence-electron chi connectivity index (χ4n) is 1.71. The molecule has 1 heterocycles. The van der Waals surface area contributed by atoms with Gasteiger partial charge in [-0.3, -0.25) is 0 Å². The zero-order valence-electron chi connectivity index (χ0n) is 9.53. The van der Waals surface area contributed by atoms with Crippen LogP contribution in [0.15, 0.2) is 18.2 Å². The van der Waals surface area contributed by atoms with E-state index in [1.165, 1.54) is 0 Å². The maximum Gasteiger partial charge on any atom is 0.161 e. The SMILES string of the molecule is CCNCC(N)c1ccc2c(c1)OCCO2. The van der Waals surface area contributed by atoms with Gasteiger partial charge in [0.1, 0.15) is 13.2 Å². The molecule has 1 atom stereocenters. The average Bonchev–Trinajstić information content (AvgIpc) is 2.35. The Balaban J connectivity index is 2.10. The molecule has 2 rings (SSSR count). The largest absolute Gasteiger partial charge is 0.486 e. The maximum absolute atomic E-state index is 6.06. The number of hydrogen-bond donors (Lipinski definition) is 2. The van der Waals surface area contributed by atoms with E-state index < -0.39 is 0 Å². The minimum Gasteiger partial charge on any atom is -0.486 e. The van der Waals surface area contributed by atoms with Crippen LogP contribution in [0, 0.1) is 0 Å². The van der Waals surface area contributed by atoms with Crippen LogP contribution < -0.4 is 20.5 Å². The van der Waals surface area contributed by atoms with E-state index in [0.29, 0.717) is 13.2 Å². The molecular weight excluding hydrogens is 204 g/mol. The van der Waals surface area contributed by atoms with Crippen molar-refractivity contribution in [3.8, 4) is 11.5 Å². The summed E-state index contributed by atoms with van der Waals surface area (Å²) in [5.41, 5.74) is 7.13. The highest BCUT2D eigenvalue weighted by Gasteiger charge is 2.14. The highest BCUT2D eigenvalue weighted by atomic mass is 16.6. The van der Waals surface area contributed by atoms with Gasteiger partial charge in [-0.2, -0.15) is 0 Å². The minimum absolute atomic E-state index is 0.00391.